The van der Waals surface area contributed by atoms with Crippen molar-refractivity contribution < 1.29 is 9.47 Å². The van der Waals surface area contributed by atoms with Gasteiger partial charge in [0.25, 0.3) is 0 Å². The molecule has 1 atom stereocenters. The van der Waals surface area contributed by atoms with Crippen molar-refractivity contribution in [2.24, 2.45) is 0 Å². The Hall–Kier alpha value is -1.26. The van der Waals surface area contributed by atoms with E-state index in [0.717, 1.165) is 44.1 Å². The molecule has 0 saturated carbocycles. The van der Waals surface area contributed by atoms with E-state index in [1.807, 2.05) is 0 Å². The molecule has 0 spiro atoms. The molecule has 0 unspecified atom stereocenters. The zero-order chi connectivity index (χ0) is 13.2. The minimum Gasteiger partial charge on any atom is -0.493 e. The Morgan fingerprint density at radius 2 is 1.89 bits per heavy atom. The lowest BCUT2D eigenvalue weighted by atomic mass is 9.97. The minimum atomic E-state index is 0.696. The fourth-order valence-electron chi connectivity index (χ4n) is 3.17. The van der Waals surface area contributed by atoms with Crippen molar-refractivity contribution in [2.75, 3.05) is 33.9 Å². The lowest BCUT2D eigenvalue weighted by Crippen LogP contribution is -2.40. The van der Waals surface area contributed by atoms with Gasteiger partial charge >= 0.3 is 0 Å². The maximum absolute atomic E-state index is 5.41. The van der Waals surface area contributed by atoms with Crippen LogP contribution in [0.1, 0.15) is 17.5 Å². The predicted molar refractivity (Wildman–Crippen MR) is 74.9 cm³/mol. The Bertz CT molecular complexity index is 456. The number of nitrogens with one attached hydrogen (secondary N) is 1. The molecular weight excluding hydrogens is 240 g/mol. The van der Waals surface area contributed by atoms with Crippen molar-refractivity contribution in [3.05, 3.63) is 23.3 Å². The molecule has 2 heterocycles. The molecule has 104 valence electrons. The van der Waals surface area contributed by atoms with E-state index < -0.39 is 0 Å². The standard InChI is InChI=1S/C15H22N2O2/c1-18-14-7-11-4-6-17(13-3-5-16-9-13)10-12(11)8-15(14)19-2/h7-8,13,16H,3-6,9-10H2,1-2H3/t13-/m1/s1. The summed E-state index contributed by atoms with van der Waals surface area (Å²) >= 11 is 0. The van der Waals surface area contributed by atoms with Crippen LogP contribution in [0, 0.1) is 0 Å². The van der Waals surface area contributed by atoms with E-state index in [9.17, 15) is 0 Å². The number of ether oxygens (including phenoxy) is 2. The molecule has 4 heteroatoms. The first-order chi connectivity index (χ1) is 9.31. The molecule has 2 aliphatic rings. The van der Waals surface area contributed by atoms with Gasteiger partial charge in [0.2, 0.25) is 0 Å². The lowest BCUT2D eigenvalue weighted by Gasteiger charge is -2.33. The maximum Gasteiger partial charge on any atom is 0.161 e. The van der Waals surface area contributed by atoms with Crippen molar-refractivity contribution in [3.8, 4) is 11.5 Å². The molecular formula is C15H22N2O2. The van der Waals surface area contributed by atoms with Crippen LogP contribution < -0.4 is 14.8 Å². The highest BCUT2D eigenvalue weighted by Crippen LogP contribution is 2.33. The first kappa shape index (κ1) is 12.8. The monoisotopic (exact) mass is 262 g/mol. The highest BCUT2D eigenvalue weighted by atomic mass is 16.5. The Labute approximate surface area is 114 Å². The SMILES string of the molecule is COc1cc2c(cc1OC)CN([C@@H]1CCNC1)CC2. The van der Waals surface area contributed by atoms with E-state index in [-0.39, 0.29) is 0 Å². The summed E-state index contributed by atoms with van der Waals surface area (Å²) in [6, 6.07) is 4.97. The molecule has 0 amide bonds. The third kappa shape index (κ3) is 2.42. The van der Waals surface area contributed by atoms with Crippen LogP contribution in [0.4, 0.5) is 0 Å². The fraction of sp³-hybridized carbons (Fsp3) is 0.600. The van der Waals surface area contributed by atoms with Crippen molar-refractivity contribution in [1.29, 1.82) is 0 Å². The minimum absolute atomic E-state index is 0.696. The van der Waals surface area contributed by atoms with Crippen LogP contribution in [-0.4, -0.2) is 44.8 Å². The van der Waals surface area contributed by atoms with Gasteiger partial charge in [-0.2, -0.15) is 0 Å². The van der Waals surface area contributed by atoms with Crippen LogP contribution in [0.25, 0.3) is 0 Å². The number of benzene rings is 1. The van der Waals surface area contributed by atoms with Crippen molar-refractivity contribution in [3.63, 3.8) is 0 Å². The second-order valence-electron chi connectivity index (χ2n) is 5.34. The van der Waals surface area contributed by atoms with Gasteiger partial charge in [-0.3, -0.25) is 4.90 Å². The average molecular weight is 262 g/mol. The first-order valence-electron chi connectivity index (χ1n) is 7.00. The summed E-state index contributed by atoms with van der Waals surface area (Å²) in [5.41, 5.74) is 2.79. The number of rotatable bonds is 3. The molecule has 19 heavy (non-hydrogen) atoms. The van der Waals surface area contributed by atoms with Crippen molar-refractivity contribution >= 4 is 0 Å². The number of fused-ring (bicyclic) bond motifs is 1. The van der Waals surface area contributed by atoms with Crippen molar-refractivity contribution in [2.45, 2.75) is 25.4 Å². The van der Waals surface area contributed by atoms with Crippen molar-refractivity contribution in [1.82, 2.24) is 10.2 Å². The van der Waals surface area contributed by atoms with Crippen LogP contribution in [0.3, 0.4) is 0 Å². The topological polar surface area (TPSA) is 33.7 Å². The molecule has 3 rings (SSSR count). The second-order valence-corrected chi connectivity index (χ2v) is 5.34. The van der Waals surface area contributed by atoms with E-state index in [1.54, 1.807) is 14.2 Å². The Morgan fingerprint density at radius 3 is 2.53 bits per heavy atom. The summed E-state index contributed by atoms with van der Waals surface area (Å²) < 4.78 is 10.8. The van der Waals surface area contributed by atoms with Crippen LogP contribution in [-0.2, 0) is 13.0 Å². The third-order valence-corrected chi connectivity index (χ3v) is 4.30. The van der Waals surface area contributed by atoms with E-state index in [1.165, 1.54) is 17.5 Å². The summed E-state index contributed by atoms with van der Waals surface area (Å²) in [4.78, 5) is 2.59. The molecule has 1 aromatic carbocycles. The molecule has 2 aliphatic heterocycles. The van der Waals surface area contributed by atoms with Gasteiger partial charge < -0.3 is 14.8 Å². The summed E-state index contributed by atoms with van der Waals surface area (Å²) in [7, 11) is 3.40. The zero-order valence-electron chi connectivity index (χ0n) is 11.7. The Kier molecular flexibility index (Phi) is 3.62. The van der Waals surface area contributed by atoms with Crippen LogP contribution in [0.2, 0.25) is 0 Å². The van der Waals surface area contributed by atoms with E-state index in [4.69, 9.17) is 9.47 Å². The highest BCUT2D eigenvalue weighted by molar-refractivity contribution is 5.48. The predicted octanol–water partition coefficient (Wildman–Crippen LogP) is 1.42. The summed E-state index contributed by atoms with van der Waals surface area (Å²) in [6.45, 7) is 4.46. The highest BCUT2D eigenvalue weighted by Gasteiger charge is 2.26. The second kappa shape index (κ2) is 5.39. The molecule has 0 aromatic heterocycles. The Balaban J connectivity index is 1.83. The smallest absolute Gasteiger partial charge is 0.161 e. The largest absolute Gasteiger partial charge is 0.493 e. The number of methoxy groups -OCH3 is 2. The molecule has 1 fully saturated rings. The summed E-state index contributed by atoms with van der Waals surface area (Å²) in [5.74, 6) is 1.69. The zero-order valence-corrected chi connectivity index (χ0v) is 11.7. The number of hydrogen-bond acceptors (Lipinski definition) is 4. The van der Waals surface area contributed by atoms with Gasteiger partial charge in [-0.1, -0.05) is 0 Å². The maximum atomic E-state index is 5.41. The third-order valence-electron chi connectivity index (χ3n) is 4.30. The van der Waals surface area contributed by atoms with Gasteiger partial charge in [-0.15, -0.1) is 0 Å². The van der Waals surface area contributed by atoms with Gasteiger partial charge in [0, 0.05) is 25.7 Å². The quantitative estimate of drug-likeness (QED) is 0.893. The number of nitrogens with zero attached hydrogens (tertiary/aromatic N) is 1. The Morgan fingerprint density at radius 1 is 1.16 bits per heavy atom. The summed E-state index contributed by atoms with van der Waals surface area (Å²) in [6.07, 6.45) is 2.37. The fourth-order valence-corrected chi connectivity index (χ4v) is 3.17. The molecule has 1 aromatic rings. The lowest BCUT2D eigenvalue weighted by molar-refractivity contribution is 0.189. The van der Waals surface area contributed by atoms with Gasteiger partial charge in [0.15, 0.2) is 11.5 Å². The van der Waals surface area contributed by atoms with E-state index in [0.29, 0.717) is 6.04 Å². The summed E-state index contributed by atoms with van der Waals surface area (Å²) in [5, 5.41) is 3.45. The first-order valence-corrected chi connectivity index (χ1v) is 7.00. The molecule has 0 aliphatic carbocycles. The van der Waals surface area contributed by atoms with Crippen LogP contribution in [0.5, 0.6) is 11.5 Å². The van der Waals surface area contributed by atoms with Gasteiger partial charge in [0.1, 0.15) is 0 Å². The molecule has 4 nitrogen and oxygen atoms in total. The van der Waals surface area contributed by atoms with Crippen LogP contribution >= 0.6 is 0 Å². The van der Waals surface area contributed by atoms with E-state index in [2.05, 4.69) is 22.3 Å². The van der Waals surface area contributed by atoms with Gasteiger partial charge in [-0.05, 0) is 42.6 Å². The normalized spacial score (nSPS) is 23.2. The average Bonchev–Trinajstić information content (AvgIpc) is 2.99. The van der Waals surface area contributed by atoms with Gasteiger partial charge in [-0.25, -0.2) is 0 Å². The molecule has 1 saturated heterocycles. The molecule has 0 radical (unpaired) electrons. The van der Waals surface area contributed by atoms with E-state index >= 15 is 0 Å². The number of hydrogen-bond donors (Lipinski definition) is 1. The van der Waals surface area contributed by atoms with Crippen LogP contribution in [0.15, 0.2) is 12.1 Å². The molecule has 1 N–H and O–H groups in total. The van der Waals surface area contributed by atoms with Gasteiger partial charge in [0.05, 0.1) is 14.2 Å². The molecule has 0 bridgehead atoms.